The molecule has 0 aliphatic carbocycles. The van der Waals surface area contributed by atoms with Crippen molar-refractivity contribution < 1.29 is 14.4 Å². The first-order chi connectivity index (χ1) is 12.7. The zero-order chi connectivity index (χ0) is 20.0. The molecule has 0 aromatic heterocycles. The molecular weight excluding hydrogens is 342 g/mol. The Morgan fingerprint density at radius 1 is 1.11 bits per heavy atom. The standard InChI is InChI=1S/C21H31N3O3/c1-21(2,3)22-18(25)14-23(4)19(26)15-24-12-10-17(11-13-24)20(27)16-8-6-5-7-9-16/h5-9,17H,10-15H2,1-4H3,(H,22,25). The first kappa shape index (κ1) is 21.1. The number of ketones is 1. The molecular formula is C21H31N3O3. The predicted molar refractivity (Wildman–Crippen MR) is 105 cm³/mol. The number of nitrogens with zero attached hydrogens (tertiary/aromatic N) is 2. The van der Waals surface area contributed by atoms with E-state index < -0.39 is 0 Å². The largest absolute Gasteiger partial charge is 0.350 e. The minimum atomic E-state index is -0.311. The summed E-state index contributed by atoms with van der Waals surface area (Å²) in [4.78, 5) is 40.4. The number of likely N-dealkylation sites (tertiary alicyclic amines) is 1. The molecule has 6 heteroatoms. The summed E-state index contributed by atoms with van der Waals surface area (Å²) in [5, 5.41) is 2.86. The third-order valence-corrected chi connectivity index (χ3v) is 4.70. The van der Waals surface area contributed by atoms with Crippen molar-refractivity contribution in [2.24, 2.45) is 5.92 Å². The van der Waals surface area contributed by atoms with Gasteiger partial charge in [-0.15, -0.1) is 0 Å². The second-order valence-electron chi connectivity index (χ2n) is 8.33. The van der Waals surface area contributed by atoms with Crippen LogP contribution in [0.15, 0.2) is 30.3 Å². The molecule has 0 bridgehead atoms. The molecule has 1 aromatic rings. The van der Waals surface area contributed by atoms with E-state index in [1.54, 1.807) is 7.05 Å². The summed E-state index contributed by atoms with van der Waals surface area (Å²) < 4.78 is 0. The SMILES string of the molecule is CN(CC(=O)NC(C)(C)C)C(=O)CN1CCC(C(=O)c2ccccc2)CC1. The summed E-state index contributed by atoms with van der Waals surface area (Å²) in [5.41, 5.74) is 0.449. The van der Waals surface area contributed by atoms with Crippen molar-refractivity contribution in [1.82, 2.24) is 15.1 Å². The van der Waals surface area contributed by atoms with Crippen LogP contribution < -0.4 is 5.32 Å². The molecule has 1 N–H and O–H groups in total. The molecule has 0 saturated carbocycles. The Hall–Kier alpha value is -2.21. The molecule has 1 aliphatic heterocycles. The second-order valence-corrected chi connectivity index (χ2v) is 8.33. The number of piperidine rings is 1. The summed E-state index contributed by atoms with van der Waals surface area (Å²) in [7, 11) is 1.65. The van der Waals surface area contributed by atoms with E-state index in [9.17, 15) is 14.4 Å². The van der Waals surface area contributed by atoms with Crippen LogP contribution in [0.3, 0.4) is 0 Å². The second kappa shape index (κ2) is 9.13. The Kier molecular flexibility index (Phi) is 7.13. The zero-order valence-corrected chi connectivity index (χ0v) is 16.8. The highest BCUT2D eigenvalue weighted by molar-refractivity contribution is 5.97. The Balaban J connectivity index is 1.77. The van der Waals surface area contributed by atoms with Crippen LogP contribution in [0.4, 0.5) is 0 Å². The average Bonchev–Trinajstić information content (AvgIpc) is 2.60. The maximum atomic E-state index is 12.5. The van der Waals surface area contributed by atoms with Crippen LogP contribution in [-0.4, -0.2) is 66.2 Å². The third-order valence-electron chi connectivity index (χ3n) is 4.70. The maximum Gasteiger partial charge on any atom is 0.240 e. The Morgan fingerprint density at radius 3 is 2.26 bits per heavy atom. The van der Waals surface area contributed by atoms with Crippen molar-refractivity contribution in [1.29, 1.82) is 0 Å². The lowest BCUT2D eigenvalue weighted by Crippen LogP contribution is -2.48. The molecule has 1 heterocycles. The molecule has 0 spiro atoms. The number of hydrogen-bond donors (Lipinski definition) is 1. The van der Waals surface area contributed by atoms with Gasteiger partial charge >= 0.3 is 0 Å². The van der Waals surface area contributed by atoms with Crippen molar-refractivity contribution in [3.05, 3.63) is 35.9 Å². The van der Waals surface area contributed by atoms with E-state index in [0.717, 1.165) is 31.5 Å². The van der Waals surface area contributed by atoms with Gasteiger partial charge in [0.25, 0.3) is 0 Å². The Labute approximate surface area is 161 Å². The highest BCUT2D eigenvalue weighted by Gasteiger charge is 2.27. The van der Waals surface area contributed by atoms with Gasteiger partial charge in [0.1, 0.15) is 0 Å². The highest BCUT2D eigenvalue weighted by Crippen LogP contribution is 2.21. The molecule has 1 saturated heterocycles. The molecule has 2 rings (SSSR count). The lowest BCUT2D eigenvalue weighted by atomic mass is 9.89. The number of Topliss-reactive ketones (excluding diaryl/α,β-unsaturated/α-hetero) is 1. The van der Waals surface area contributed by atoms with Gasteiger partial charge in [-0.2, -0.15) is 0 Å². The van der Waals surface area contributed by atoms with Crippen LogP contribution in [0.1, 0.15) is 44.0 Å². The van der Waals surface area contributed by atoms with E-state index in [1.807, 2.05) is 51.1 Å². The van der Waals surface area contributed by atoms with E-state index >= 15 is 0 Å². The van der Waals surface area contributed by atoms with Gasteiger partial charge in [-0.25, -0.2) is 0 Å². The van der Waals surface area contributed by atoms with E-state index in [4.69, 9.17) is 0 Å². The van der Waals surface area contributed by atoms with Crippen molar-refractivity contribution in [2.75, 3.05) is 33.2 Å². The summed E-state index contributed by atoms with van der Waals surface area (Å²) >= 11 is 0. The number of carbonyl (C=O) groups excluding carboxylic acids is 3. The number of carbonyl (C=O) groups is 3. The third kappa shape index (κ3) is 6.79. The van der Waals surface area contributed by atoms with Crippen molar-refractivity contribution in [3.63, 3.8) is 0 Å². The highest BCUT2D eigenvalue weighted by atomic mass is 16.2. The molecule has 0 radical (unpaired) electrons. The lowest BCUT2D eigenvalue weighted by molar-refractivity contribution is -0.136. The smallest absolute Gasteiger partial charge is 0.240 e. The number of nitrogens with one attached hydrogen (secondary N) is 1. The lowest BCUT2D eigenvalue weighted by Gasteiger charge is -2.32. The van der Waals surface area contributed by atoms with Gasteiger partial charge in [-0.05, 0) is 46.7 Å². The fraction of sp³-hybridized carbons (Fsp3) is 0.571. The Morgan fingerprint density at radius 2 is 1.70 bits per heavy atom. The van der Waals surface area contributed by atoms with Crippen molar-refractivity contribution in [2.45, 2.75) is 39.2 Å². The minimum absolute atomic E-state index is 0.0223. The molecule has 6 nitrogen and oxygen atoms in total. The fourth-order valence-electron chi connectivity index (χ4n) is 3.26. The molecule has 1 aliphatic rings. The quantitative estimate of drug-likeness (QED) is 0.774. The minimum Gasteiger partial charge on any atom is -0.350 e. The maximum absolute atomic E-state index is 12.5. The molecule has 2 amide bonds. The van der Waals surface area contributed by atoms with E-state index in [2.05, 4.69) is 10.2 Å². The number of benzene rings is 1. The molecule has 1 aromatic carbocycles. The zero-order valence-electron chi connectivity index (χ0n) is 16.8. The van der Waals surface area contributed by atoms with Gasteiger partial charge in [0, 0.05) is 24.1 Å². The van der Waals surface area contributed by atoms with Gasteiger partial charge < -0.3 is 10.2 Å². The van der Waals surface area contributed by atoms with Crippen LogP contribution in [0.25, 0.3) is 0 Å². The molecule has 0 atom stereocenters. The number of likely N-dealkylation sites (N-methyl/N-ethyl adjacent to an activating group) is 1. The van der Waals surface area contributed by atoms with Crippen molar-refractivity contribution in [3.8, 4) is 0 Å². The summed E-state index contributed by atoms with van der Waals surface area (Å²) in [6.45, 7) is 7.51. The summed E-state index contributed by atoms with van der Waals surface area (Å²) in [6, 6.07) is 9.38. The first-order valence-electron chi connectivity index (χ1n) is 9.52. The monoisotopic (exact) mass is 373 g/mol. The predicted octanol–water partition coefficient (Wildman–Crippen LogP) is 1.95. The van der Waals surface area contributed by atoms with E-state index in [0.29, 0.717) is 0 Å². The summed E-state index contributed by atoms with van der Waals surface area (Å²) in [5.74, 6) is -0.0241. The number of rotatable bonds is 6. The Bertz CT molecular complexity index is 659. The summed E-state index contributed by atoms with van der Waals surface area (Å²) in [6.07, 6.45) is 1.52. The molecule has 1 fully saturated rings. The number of hydrogen-bond acceptors (Lipinski definition) is 4. The van der Waals surface area contributed by atoms with Crippen LogP contribution in [-0.2, 0) is 9.59 Å². The van der Waals surface area contributed by atoms with Crippen molar-refractivity contribution >= 4 is 17.6 Å². The van der Waals surface area contributed by atoms with Crippen LogP contribution in [0.2, 0.25) is 0 Å². The normalized spacial score (nSPS) is 16.0. The van der Waals surface area contributed by atoms with Crippen LogP contribution in [0, 0.1) is 5.92 Å². The average molecular weight is 373 g/mol. The van der Waals surface area contributed by atoms with E-state index in [1.165, 1.54) is 4.90 Å². The van der Waals surface area contributed by atoms with Gasteiger partial charge in [-0.1, -0.05) is 30.3 Å². The van der Waals surface area contributed by atoms with Crippen LogP contribution in [0.5, 0.6) is 0 Å². The van der Waals surface area contributed by atoms with Gasteiger partial charge in [0.05, 0.1) is 13.1 Å². The number of amides is 2. The molecule has 0 unspecified atom stereocenters. The molecule has 27 heavy (non-hydrogen) atoms. The molecule has 148 valence electrons. The van der Waals surface area contributed by atoms with Gasteiger partial charge in [0.15, 0.2) is 5.78 Å². The van der Waals surface area contributed by atoms with Gasteiger partial charge in [0.2, 0.25) is 11.8 Å². The van der Waals surface area contributed by atoms with E-state index in [-0.39, 0.29) is 42.1 Å². The first-order valence-corrected chi connectivity index (χ1v) is 9.52. The van der Waals surface area contributed by atoms with Gasteiger partial charge in [-0.3, -0.25) is 19.3 Å². The topological polar surface area (TPSA) is 69.7 Å². The van der Waals surface area contributed by atoms with Crippen LogP contribution >= 0.6 is 0 Å². The fourth-order valence-corrected chi connectivity index (χ4v) is 3.26.